The Balaban J connectivity index is 2.02. The van der Waals surface area contributed by atoms with Crippen LogP contribution in [0.25, 0.3) is 11.3 Å². The van der Waals surface area contributed by atoms with Gasteiger partial charge in [0, 0.05) is 17.3 Å². The number of anilines is 1. The van der Waals surface area contributed by atoms with Gasteiger partial charge in [-0.2, -0.15) is 0 Å². The highest BCUT2D eigenvalue weighted by molar-refractivity contribution is 7.92. The standard InChI is InChI=1S/C17H16ClN3O3S/c1-10-4-5-13(17-11(2)12(3)20-24-17)8-15(10)25(22,23)21-16-7-6-14(18)9-19-16/h4-9H,1-3H3,(H,19,21). The number of hydrogen-bond acceptors (Lipinski definition) is 5. The van der Waals surface area contributed by atoms with Gasteiger partial charge in [-0.3, -0.25) is 4.72 Å². The third-order valence-electron chi connectivity index (χ3n) is 3.86. The molecule has 0 saturated carbocycles. The summed E-state index contributed by atoms with van der Waals surface area (Å²) >= 11 is 5.77. The molecule has 3 rings (SSSR count). The van der Waals surface area contributed by atoms with Crippen LogP contribution in [0.1, 0.15) is 16.8 Å². The Labute approximate surface area is 150 Å². The van der Waals surface area contributed by atoms with E-state index in [1.165, 1.54) is 12.3 Å². The van der Waals surface area contributed by atoms with Crippen LogP contribution in [0.2, 0.25) is 5.02 Å². The maximum Gasteiger partial charge on any atom is 0.263 e. The molecule has 0 unspecified atom stereocenters. The average molecular weight is 378 g/mol. The highest BCUT2D eigenvalue weighted by Crippen LogP contribution is 2.29. The molecule has 0 aliphatic carbocycles. The minimum Gasteiger partial charge on any atom is -0.356 e. The van der Waals surface area contributed by atoms with Crippen LogP contribution in [0.15, 0.2) is 45.9 Å². The van der Waals surface area contributed by atoms with Gasteiger partial charge in [-0.25, -0.2) is 13.4 Å². The van der Waals surface area contributed by atoms with E-state index < -0.39 is 10.0 Å². The van der Waals surface area contributed by atoms with Crippen molar-refractivity contribution in [1.29, 1.82) is 0 Å². The van der Waals surface area contributed by atoms with Crippen LogP contribution in [0.3, 0.4) is 0 Å². The van der Waals surface area contributed by atoms with Crippen molar-refractivity contribution >= 4 is 27.4 Å². The summed E-state index contributed by atoms with van der Waals surface area (Å²) in [6.07, 6.45) is 1.38. The molecule has 3 aromatic rings. The molecule has 8 heteroatoms. The van der Waals surface area contributed by atoms with Gasteiger partial charge >= 0.3 is 0 Å². The summed E-state index contributed by atoms with van der Waals surface area (Å²) in [5.74, 6) is 0.750. The van der Waals surface area contributed by atoms with E-state index in [1.807, 2.05) is 19.9 Å². The Morgan fingerprint density at radius 3 is 2.48 bits per heavy atom. The molecule has 0 saturated heterocycles. The maximum absolute atomic E-state index is 12.8. The Hall–Kier alpha value is -2.38. The quantitative estimate of drug-likeness (QED) is 0.739. The highest BCUT2D eigenvalue weighted by atomic mass is 35.5. The van der Waals surface area contributed by atoms with Gasteiger partial charge in [-0.1, -0.05) is 28.9 Å². The number of aromatic nitrogens is 2. The second kappa shape index (κ2) is 6.50. The van der Waals surface area contributed by atoms with Crippen molar-refractivity contribution in [3.8, 4) is 11.3 Å². The molecule has 25 heavy (non-hydrogen) atoms. The van der Waals surface area contributed by atoms with E-state index in [0.29, 0.717) is 21.9 Å². The number of pyridine rings is 1. The van der Waals surface area contributed by atoms with E-state index >= 15 is 0 Å². The van der Waals surface area contributed by atoms with Crippen molar-refractivity contribution in [2.24, 2.45) is 0 Å². The molecule has 0 aliphatic heterocycles. The minimum absolute atomic E-state index is 0.148. The van der Waals surface area contributed by atoms with Gasteiger partial charge in [0.25, 0.3) is 10.0 Å². The van der Waals surface area contributed by atoms with Crippen LogP contribution in [0.5, 0.6) is 0 Å². The molecule has 0 radical (unpaired) electrons. The van der Waals surface area contributed by atoms with Gasteiger partial charge in [0.15, 0.2) is 5.76 Å². The van der Waals surface area contributed by atoms with Crippen LogP contribution < -0.4 is 4.72 Å². The van der Waals surface area contributed by atoms with Crippen LogP contribution in [0.4, 0.5) is 5.82 Å². The summed E-state index contributed by atoms with van der Waals surface area (Å²) in [6, 6.07) is 8.18. The van der Waals surface area contributed by atoms with Crippen LogP contribution in [-0.2, 0) is 10.0 Å². The molecule has 130 valence electrons. The molecule has 1 aromatic carbocycles. The number of aryl methyl sites for hydroxylation is 2. The van der Waals surface area contributed by atoms with E-state index in [-0.39, 0.29) is 10.7 Å². The maximum atomic E-state index is 12.8. The normalized spacial score (nSPS) is 11.5. The number of sulfonamides is 1. The van der Waals surface area contributed by atoms with Gasteiger partial charge in [-0.15, -0.1) is 0 Å². The molecule has 0 bridgehead atoms. The van der Waals surface area contributed by atoms with Crippen molar-refractivity contribution in [3.05, 3.63) is 58.4 Å². The van der Waals surface area contributed by atoms with Crippen molar-refractivity contribution in [3.63, 3.8) is 0 Å². The Kier molecular flexibility index (Phi) is 4.53. The van der Waals surface area contributed by atoms with Gasteiger partial charge in [-0.05, 0) is 44.5 Å². The predicted molar refractivity (Wildman–Crippen MR) is 96.2 cm³/mol. The van der Waals surface area contributed by atoms with Crippen molar-refractivity contribution in [2.75, 3.05) is 4.72 Å². The molecule has 2 heterocycles. The van der Waals surface area contributed by atoms with Gasteiger partial charge in [0.05, 0.1) is 15.6 Å². The predicted octanol–water partition coefficient (Wildman–Crippen LogP) is 4.12. The van der Waals surface area contributed by atoms with E-state index in [4.69, 9.17) is 16.1 Å². The third-order valence-corrected chi connectivity index (χ3v) is 5.58. The van der Waals surface area contributed by atoms with E-state index in [1.54, 1.807) is 25.1 Å². The lowest BCUT2D eigenvalue weighted by molar-refractivity contribution is 0.427. The lowest BCUT2D eigenvalue weighted by Gasteiger charge is -2.11. The summed E-state index contributed by atoms with van der Waals surface area (Å²) in [5.41, 5.74) is 2.90. The second-order valence-corrected chi connectivity index (χ2v) is 7.76. The summed E-state index contributed by atoms with van der Waals surface area (Å²) in [6.45, 7) is 5.44. The Morgan fingerprint density at radius 2 is 1.88 bits per heavy atom. The third kappa shape index (κ3) is 3.52. The lowest BCUT2D eigenvalue weighted by atomic mass is 10.1. The van der Waals surface area contributed by atoms with E-state index in [9.17, 15) is 8.42 Å². The fourth-order valence-corrected chi connectivity index (χ4v) is 3.74. The Bertz CT molecular complexity index is 1030. The topological polar surface area (TPSA) is 85.1 Å². The van der Waals surface area contributed by atoms with Crippen LogP contribution in [-0.4, -0.2) is 18.6 Å². The first-order valence-corrected chi connectivity index (χ1v) is 9.32. The van der Waals surface area contributed by atoms with Crippen LogP contribution >= 0.6 is 11.6 Å². The Morgan fingerprint density at radius 1 is 1.12 bits per heavy atom. The van der Waals surface area contributed by atoms with Crippen LogP contribution in [0, 0.1) is 20.8 Å². The largest absolute Gasteiger partial charge is 0.356 e. The van der Waals surface area contributed by atoms with Gasteiger partial charge < -0.3 is 4.52 Å². The van der Waals surface area contributed by atoms with Crippen molar-refractivity contribution < 1.29 is 12.9 Å². The SMILES string of the molecule is Cc1ccc(-c2onc(C)c2C)cc1S(=O)(=O)Nc1ccc(Cl)cn1. The summed E-state index contributed by atoms with van der Waals surface area (Å²) in [4.78, 5) is 4.11. The molecule has 0 spiro atoms. The first-order chi connectivity index (χ1) is 11.8. The fourth-order valence-electron chi connectivity index (χ4n) is 2.34. The molecular weight excluding hydrogens is 362 g/mol. The van der Waals surface area contributed by atoms with E-state index in [0.717, 1.165) is 11.3 Å². The first kappa shape index (κ1) is 17.4. The number of hydrogen-bond donors (Lipinski definition) is 1. The van der Waals surface area contributed by atoms with Crippen molar-refractivity contribution in [2.45, 2.75) is 25.7 Å². The second-order valence-electron chi connectivity index (χ2n) is 5.67. The fraction of sp³-hybridized carbons (Fsp3) is 0.176. The molecule has 0 amide bonds. The van der Waals surface area contributed by atoms with E-state index in [2.05, 4.69) is 14.9 Å². The molecule has 1 N–H and O–H groups in total. The summed E-state index contributed by atoms with van der Waals surface area (Å²) < 4.78 is 33.3. The molecular formula is C17H16ClN3O3S. The number of halogens is 1. The zero-order chi connectivity index (χ0) is 18.2. The van der Waals surface area contributed by atoms with Crippen molar-refractivity contribution in [1.82, 2.24) is 10.1 Å². The molecule has 6 nitrogen and oxygen atoms in total. The molecule has 0 aliphatic rings. The summed E-state index contributed by atoms with van der Waals surface area (Å²) in [5, 5.41) is 4.35. The first-order valence-electron chi connectivity index (χ1n) is 7.46. The zero-order valence-electron chi connectivity index (χ0n) is 13.9. The summed E-state index contributed by atoms with van der Waals surface area (Å²) in [7, 11) is -3.81. The van der Waals surface area contributed by atoms with Gasteiger partial charge in [0.2, 0.25) is 0 Å². The molecule has 2 aromatic heterocycles. The average Bonchev–Trinajstić information content (AvgIpc) is 2.89. The van der Waals surface area contributed by atoms with Gasteiger partial charge in [0.1, 0.15) is 5.82 Å². The lowest BCUT2D eigenvalue weighted by Crippen LogP contribution is -2.15. The highest BCUT2D eigenvalue weighted by Gasteiger charge is 2.20. The number of rotatable bonds is 4. The molecule has 0 atom stereocenters. The monoisotopic (exact) mass is 377 g/mol. The molecule has 0 fully saturated rings. The number of benzene rings is 1. The zero-order valence-corrected chi connectivity index (χ0v) is 15.4. The minimum atomic E-state index is -3.81. The number of nitrogens with zero attached hydrogens (tertiary/aromatic N) is 2. The smallest absolute Gasteiger partial charge is 0.263 e. The number of nitrogens with one attached hydrogen (secondary N) is 1.